The Morgan fingerprint density at radius 1 is 1.41 bits per heavy atom. The van der Waals surface area contributed by atoms with Crippen LogP contribution < -0.4 is 15.4 Å². The summed E-state index contributed by atoms with van der Waals surface area (Å²) in [5.74, 6) is 0.638. The average Bonchev–Trinajstić information content (AvgIpc) is 2.23. The summed E-state index contributed by atoms with van der Waals surface area (Å²) in [6.07, 6.45) is 0. The van der Waals surface area contributed by atoms with Crippen LogP contribution in [0.1, 0.15) is 12.5 Å². The van der Waals surface area contributed by atoms with Gasteiger partial charge in [0.2, 0.25) is 5.91 Å². The van der Waals surface area contributed by atoms with Gasteiger partial charge in [-0.15, -0.1) is 12.4 Å². The predicted octanol–water partition coefficient (Wildman–Crippen LogP) is 1.97. The second-order valence-corrected chi connectivity index (χ2v) is 3.51. The van der Waals surface area contributed by atoms with Gasteiger partial charge in [-0.05, 0) is 38.6 Å². The summed E-state index contributed by atoms with van der Waals surface area (Å²) < 4.78 is 5.46. The van der Waals surface area contributed by atoms with E-state index < -0.39 is 0 Å². The van der Waals surface area contributed by atoms with E-state index in [-0.39, 0.29) is 18.3 Å². The Balaban J connectivity index is 0.00000256. The lowest BCUT2D eigenvalue weighted by Gasteiger charge is -2.12. The van der Waals surface area contributed by atoms with Crippen LogP contribution in [0.4, 0.5) is 5.69 Å². The van der Waals surface area contributed by atoms with Gasteiger partial charge in [0.1, 0.15) is 5.75 Å². The quantitative estimate of drug-likeness (QED) is 0.849. The number of benzene rings is 1. The van der Waals surface area contributed by atoms with Crippen molar-refractivity contribution < 1.29 is 9.53 Å². The lowest BCUT2D eigenvalue weighted by atomic mass is 10.2. The van der Waals surface area contributed by atoms with Crippen molar-refractivity contribution in [3.8, 4) is 5.75 Å². The first-order valence-corrected chi connectivity index (χ1v) is 5.35. The molecule has 4 nitrogen and oxygen atoms in total. The van der Waals surface area contributed by atoms with Gasteiger partial charge in [-0.1, -0.05) is 6.07 Å². The van der Waals surface area contributed by atoms with E-state index >= 15 is 0 Å². The number of halogens is 1. The van der Waals surface area contributed by atoms with Gasteiger partial charge in [0.15, 0.2) is 0 Å². The molecule has 1 amide bonds. The molecule has 0 saturated heterocycles. The summed E-state index contributed by atoms with van der Waals surface area (Å²) in [6, 6.07) is 5.71. The number of aryl methyl sites for hydroxylation is 1. The standard InChI is InChI=1S/C12H18N2O2.ClH/c1-4-16-11-7-9(2)5-6-10(11)14-12(15)8-13-3;/h5-7,13H,4,8H2,1-3H3,(H,14,15);1H. The molecule has 5 heteroatoms. The van der Waals surface area contributed by atoms with Gasteiger partial charge in [-0.2, -0.15) is 0 Å². The van der Waals surface area contributed by atoms with E-state index in [2.05, 4.69) is 10.6 Å². The van der Waals surface area contributed by atoms with Crippen LogP contribution in [-0.2, 0) is 4.79 Å². The molecular weight excluding hydrogens is 240 g/mol. The molecule has 1 rings (SSSR count). The number of amides is 1. The van der Waals surface area contributed by atoms with Crippen molar-refractivity contribution in [3.63, 3.8) is 0 Å². The summed E-state index contributed by atoms with van der Waals surface area (Å²) in [6.45, 7) is 4.78. The van der Waals surface area contributed by atoms with Gasteiger partial charge in [-0.25, -0.2) is 0 Å². The number of rotatable bonds is 5. The van der Waals surface area contributed by atoms with E-state index in [0.717, 1.165) is 5.56 Å². The Labute approximate surface area is 108 Å². The molecule has 0 heterocycles. The fourth-order valence-corrected chi connectivity index (χ4v) is 1.36. The fraction of sp³-hybridized carbons (Fsp3) is 0.417. The first-order valence-electron chi connectivity index (χ1n) is 5.35. The summed E-state index contributed by atoms with van der Waals surface area (Å²) in [4.78, 5) is 11.4. The largest absolute Gasteiger partial charge is 0.492 e. The Morgan fingerprint density at radius 3 is 2.71 bits per heavy atom. The van der Waals surface area contributed by atoms with Crippen LogP contribution in [0.15, 0.2) is 18.2 Å². The van der Waals surface area contributed by atoms with Crippen LogP contribution in [0, 0.1) is 6.92 Å². The van der Waals surface area contributed by atoms with Crippen molar-refractivity contribution in [2.75, 3.05) is 25.5 Å². The van der Waals surface area contributed by atoms with E-state index in [4.69, 9.17) is 4.74 Å². The molecule has 0 atom stereocenters. The van der Waals surface area contributed by atoms with Crippen LogP contribution in [0.25, 0.3) is 0 Å². The third-order valence-corrected chi connectivity index (χ3v) is 2.05. The molecular formula is C12H19ClN2O2. The highest BCUT2D eigenvalue weighted by atomic mass is 35.5. The Kier molecular flexibility index (Phi) is 7.34. The molecule has 0 unspecified atom stereocenters. The van der Waals surface area contributed by atoms with Crippen molar-refractivity contribution in [3.05, 3.63) is 23.8 Å². The molecule has 0 aliphatic carbocycles. The molecule has 2 N–H and O–H groups in total. The first-order chi connectivity index (χ1) is 7.67. The molecule has 0 aliphatic heterocycles. The van der Waals surface area contributed by atoms with E-state index in [9.17, 15) is 4.79 Å². The highest BCUT2D eigenvalue weighted by Crippen LogP contribution is 2.25. The minimum absolute atomic E-state index is 0. The zero-order valence-electron chi connectivity index (χ0n) is 10.4. The Bertz CT molecular complexity index is 370. The van der Waals surface area contributed by atoms with Crippen LogP contribution in [0.5, 0.6) is 5.75 Å². The number of carbonyl (C=O) groups excluding carboxylic acids is 1. The number of hydrogen-bond acceptors (Lipinski definition) is 3. The van der Waals surface area contributed by atoms with Gasteiger partial charge in [0.25, 0.3) is 0 Å². The van der Waals surface area contributed by atoms with Crippen molar-refractivity contribution >= 4 is 24.0 Å². The van der Waals surface area contributed by atoms with Crippen LogP contribution in [0.2, 0.25) is 0 Å². The van der Waals surface area contributed by atoms with E-state index in [0.29, 0.717) is 24.6 Å². The fourth-order valence-electron chi connectivity index (χ4n) is 1.36. The molecule has 1 aromatic rings. The summed E-state index contributed by atoms with van der Waals surface area (Å²) in [5.41, 5.74) is 1.82. The van der Waals surface area contributed by atoms with Crippen molar-refractivity contribution in [1.82, 2.24) is 5.32 Å². The molecule has 1 aromatic carbocycles. The van der Waals surface area contributed by atoms with E-state index in [1.54, 1.807) is 7.05 Å². The topological polar surface area (TPSA) is 50.4 Å². The zero-order chi connectivity index (χ0) is 12.0. The van der Waals surface area contributed by atoms with Crippen molar-refractivity contribution in [2.45, 2.75) is 13.8 Å². The van der Waals surface area contributed by atoms with Crippen LogP contribution >= 0.6 is 12.4 Å². The lowest BCUT2D eigenvalue weighted by molar-refractivity contribution is -0.115. The monoisotopic (exact) mass is 258 g/mol. The predicted molar refractivity (Wildman–Crippen MR) is 72.2 cm³/mol. The summed E-state index contributed by atoms with van der Waals surface area (Å²) >= 11 is 0. The van der Waals surface area contributed by atoms with Gasteiger partial charge in [-0.3, -0.25) is 4.79 Å². The van der Waals surface area contributed by atoms with Gasteiger partial charge < -0.3 is 15.4 Å². The molecule has 0 saturated carbocycles. The number of anilines is 1. The van der Waals surface area contributed by atoms with Crippen molar-refractivity contribution in [1.29, 1.82) is 0 Å². The summed E-state index contributed by atoms with van der Waals surface area (Å²) in [5, 5.41) is 5.59. The molecule has 0 spiro atoms. The molecule has 0 aliphatic rings. The third kappa shape index (κ3) is 5.06. The minimum atomic E-state index is -0.0766. The number of likely N-dealkylation sites (N-methyl/N-ethyl adjacent to an activating group) is 1. The van der Waals surface area contributed by atoms with Gasteiger partial charge >= 0.3 is 0 Å². The minimum Gasteiger partial charge on any atom is -0.492 e. The van der Waals surface area contributed by atoms with E-state index in [1.165, 1.54) is 0 Å². The highest BCUT2D eigenvalue weighted by molar-refractivity contribution is 5.93. The first kappa shape index (κ1) is 15.7. The lowest BCUT2D eigenvalue weighted by Crippen LogP contribution is -2.25. The number of carbonyl (C=O) groups is 1. The maximum Gasteiger partial charge on any atom is 0.238 e. The third-order valence-electron chi connectivity index (χ3n) is 2.05. The number of nitrogens with one attached hydrogen (secondary N) is 2. The average molecular weight is 259 g/mol. The normalized spacial score (nSPS) is 9.35. The van der Waals surface area contributed by atoms with Gasteiger partial charge in [0, 0.05) is 0 Å². The number of ether oxygens (including phenoxy) is 1. The molecule has 0 fully saturated rings. The second kappa shape index (κ2) is 7.92. The van der Waals surface area contributed by atoms with Crippen molar-refractivity contribution in [2.24, 2.45) is 0 Å². The molecule has 17 heavy (non-hydrogen) atoms. The maximum atomic E-state index is 11.4. The molecule has 96 valence electrons. The second-order valence-electron chi connectivity index (χ2n) is 3.51. The highest BCUT2D eigenvalue weighted by Gasteiger charge is 2.06. The molecule has 0 radical (unpaired) electrons. The maximum absolute atomic E-state index is 11.4. The van der Waals surface area contributed by atoms with E-state index in [1.807, 2.05) is 32.0 Å². The zero-order valence-corrected chi connectivity index (χ0v) is 11.2. The van der Waals surface area contributed by atoms with Crippen LogP contribution in [0.3, 0.4) is 0 Å². The van der Waals surface area contributed by atoms with Crippen LogP contribution in [-0.4, -0.2) is 26.1 Å². The number of hydrogen-bond donors (Lipinski definition) is 2. The summed E-state index contributed by atoms with van der Waals surface area (Å²) in [7, 11) is 1.73. The molecule has 0 bridgehead atoms. The SMILES string of the molecule is CCOc1cc(C)ccc1NC(=O)CNC.Cl. The molecule has 0 aromatic heterocycles. The van der Waals surface area contributed by atoms with Gasteiger partial charge in [0.05, 0.1) is 18.8 Å². The smallest absolute Gasteiger partial charge is 0.238 e. The Morgan fingerprint density at radius 2 is 2.12 bits per heavy atom. The Hall–Kier alpha value is -1.26.